The predicted molar refractivity (Wildman–Crippen MR) is 133 cm³/mol. The molecular formula is C22H23B3FN7O2. The van der Waals surface area contributed by atoms with Gasteiger partial charge in [0.2, 0.25) is 0 Å². The van der Waals surface area contributed by atoms with Crippen molar-refractivity contribution in [2.24, 2.45) is 0 Å². The first-order valence-corrected chi connectivity index (χ1v) is 10.8. The summed E-state index contributed by atoms with van der Waals surface area (Å²) in [5.74, 6) is -0.146. The van der Waals surface area contributed by atoms with Gasteiger partial charge in [-0.3, -0.25) is 4.79 Å². The molecule has 3 rings (SSSR count). The Bertz CT molecular complexity index is 1270. The van der Waals surface area contributed by atoms with Gasteiger partial charge in [0.1, 0.15) is 12.2 Å². The van der Waals surface area contributed by atoms with Crippen molar-refractivity contribution in [3.8, 4) is 11.9 Å². The Labute approximate surface area is 207 Å². The highest BCUT2D eigenvalue weighted by atomic mass is 19.1. The van der Waals surface area contributed by atoms with E-state index in [9.17, 15) is 9.18 Å². The molecule has 3 heterocycles. The zero-order valence-electron chi connectivity index (χ0n) is 19.9. The summed E-state index contributed by atoms with van der Waals surface area (Å²) in [6.45, 7) is 6.29. The van der Waals surface area contributed by atoms with Gasteiger partial charge in [0.15, 0.2) is 11.5 Å². The van der Waals surface area contributed by atoms with Gasteiger partial charge < -0.3 is 15.4 Å². The lowest BCUT2D eigenvalue weighted by Crippen LogP contribution is -2.51. The number of hydrogen-bond acceptors (Lipinski definition) is 7. The highest BCUT2D eigenvalue weighted by Gasteiger charge is 2.34. The number of rotatable bonds is 9. The number of nitrogens with one attached hydrogen (secondary N) is 2. The first kappa shape index (κ1) is 26.2. The maximum absolute atomic E-state index is 14.8. The number of amides is 1. The molecule has 35 heavy (non-hydrogen) atoms. The molecule has 6 radical (unpaired) electrons. The van der Waals surface area contributed by atoms with Crippen molar-refractivity contribution in [1.29, 1.82) is 5.26 Å². The van der Waals surface area contributed by atoms with Gasteiger partial charge in [-0.05, 0) is 39.1 Å². The van der Waals surface area contributed by atoms with Crippen LogP contribution in [-0.4, -0.2) is 78.9 Å². The fourth-order valence-electron chi connectivity index (χ4n) is 3.36. The van der Waals surface area contributed by atoms with Gasteiger partial charge in [0, 0.05) is 29.9 Å². The number of carbonyl (C=O) groups is 1. The summed E-state index contributed by atoms with van der Waals surface area (Å²) in [6, 6.07) is 5.33. The summed E-state index contributed by atoms with van der Waals surface area (Å²) >= 11 is 0. The second-order valence-corrected chi connectivity index (χ2v) is 8.93. The van der Waals surface area contributed by atoms with Crippen molar-refractivity contribution in [2.45, 2.75) is 50.8 Å². The van der Waals surface area contributed by atoms with Crippen molar-refractivity contribution >= 4 is 46.2 Å². The summed E-state index contributed by atoms with van der Waals surface area (Å²) in [5.41, 5.74) is 0.133. The third-order valence-electron chi connectivity index (χ3n) is 4.97. The Morgan fingerprint density at radius 1 is 1.23 bits per heavy atom. The average Bonchev–Trinajstić information content (AvgIpc) is 3.18. The quantitative estimate of drug-likeness (QED) is 0.457. The van der Waals surface area contributed by atoms with Gasteiger partial charge in [-0.1, -0.05) is 0 Å². The molecule has 0 spiro atoms. The SMILES string of the molecule is [B]C([B])([B])OC(C)(C)C(F)CNC(=O)c1cnc(-n2ncc3cc(C#N)cnc32)cc1NC(C)C. The number of nitrogens with zero attached hydrogens (tertiary/aromatic N) is 5. The summed E-state index contributed by atoms with van der Waals surface area (Å²) in [6.07, 6.45) is 2.73. The Morgan fingerprint density at radius 3 is 2.57 bits per heavy atom. The largest absolute Gasteiger partial charge is 0.394 e. The molecule has 1 amide bonds. The third kappa shape index (κ3) is 6.39. The lowest BCUT2D eigenvalue weighted by atomic mass is 9.52. The summed E-state index contributed by atoms with van der Waals surface area (Å²) < 4.78 is 21.4. The van der Waals surface area contributed by atoms with Crippen LogP contribution in [0.3, 0.4) is 0 Å². The Morgan fingerprint density at radius 2 is 1.94 bits per heavy atom. The van der Waals surface area contributed by atoms with Crippen LogP contribution in [0, 0.1) is 11.3 Å². The molecule has 0 aliphatic carbocycles. The van der Waals surface area contributed by atoms with Gasteiger partial charge in [-0.2, -0.15) is 15.0 Å². The average molecular weight is 469 g/mol. The first-order chi connectivity index (χ1) is 16.3. The number of carbonyl (C=O) groups excluding carboxylic acids is 1. The van der Waals surface area contributed by atoms with E-state index in [0.717, 1.165) is 0 Å². The Kier molecular flexibility index (Phi) is 7.55. The van der Waals surface area contributed by atoms with E-state index in [1.54, 1.807) is 18.3 Å². The fraction of sp³-hybridized carbons (Fsp3) is 0.409. The molecule has 9 nitrogen and oxygen atoms in total. The topological polar surface area (TPSA) is 118 Å². The van der Waals surface area contributed by atoms with E-state index in [4.69, 9.17) is 33.5 Å². The van der Waals surface area contributed by atoms with Gasteiger partial charge in [0.05, 0.1) is 58.7 Å². The predicted octanol–water partition coefficient (Wildman–Crippen LogP) is 1.49. The maximum Gasteiger partial charge on any atom is 0.255 e. The molecule has 3 aromatic rings. The zero-order valence-corrected chi connectivity index (χ0v) is 19.9. The van der Waals surface area contributed by atoms with Crippen LogP contribution in [0.5, 0.6) is 0 Å². The molecule has 0 bridgehead atoms. The van der Waals surface area contributed by atoms with E-state index < -0.39 is 23.0 Å². The van der Waals surface area contributed by atoms with Crippen LogP contribution in [0.1, 0.15) is 43.6 Å². The molecule has 1 atom stereocenters. The lowest BCUT2D eigenvalue weighted by Gasteiger charge is -2.37. The van der Waals surface area contributed by atoms with Crippen LogP contribution in [0.15, 0.2) is 30.7 Å². The van der Waals surface area contributed by atoms with Crippen molar-refractivity contribution in [1.82, 2.24) is 25.1 Å². The minimum Gasteiger partial charge on any atom is -0.394 e. The summed E-state index contributed by atoms with van der Waals surface area (Å²) in [4.78, 5) is 21.6. The van der Waals surface area contributed by atoms with E-state index in [-0.39, 0.29) is 18.2 Å². The second kappa shape index (κ2) is 10.1. The van der Waals surface area contributed by atoms with E-state index >= 15 is 0 Å². The van der Waals surface area contributed by atoms with Crippen LogP contribution in [0.25, 0.3) is 16.9 Å². The minimum absolute atomic E-state index is 0.0180. The van der Waals surface area contributed by atoms with E-state index in [2.05, 4.69) is 25.7 Å². The lowest BCUT2D eigenvalue weighted by molar-refractivity contribution is -0.0753. The van der Waals surface area contributed by atoms with Crippen LogP contribution in [0.4, 0.5) is 10.1 Å². The zero-order chi connectivity index (χ0) is 26.0. The minimum atomic E-state index is -2.02. The van der Waals surface area contributed by atoms with Crippen LogP contribution in [-0.2, 0) is 4.74 Å². The number of fused-ring (bicyclic) bond motifs is 1. The number of aromatic nitrogens is 4. The van der Waals surface area contributed by atoms with Crippen LogP contribution in [0.2, 0.25) is 0 Å². The third-order valence-corrected chi connectivity index (χ3v) is 4.97. The van der Waals surface area contributed by atoms with Crippen molar-refractivity contribution in [2.75, 3.05) is 11.9 Å². The van der Waals surface area contributed by atoms with Crippen LogP contribution < -0.4 is 10.6 Å². The van der Waals surface area contributed by atoms with Crippen molar-refractivity contribution in [3.63, 3.8) is 0 Å². The Hall–Kier alpha value is -3.39. The number of hydrogen-bond donors (Lipinski definition) is 2. The maximum atomic E-state index is 14.8. The van der Waals surface area contributed by atoms with Gasteiger partial charge >= 0.3 is 0 Å². The van der Waals surface area contributed by atoms with E-state index in [0.29, 0.717) is 28.1 Å². The van der Waals surface area contributed by atoms with Crippen LogP contribution >= 0.6 is 0 Å². The molecule has 174 valence electrons. The molecule has 0 aliphatic heterocycles. The normalized spacial score (nSPS) is 12.9. The number of alkyl halides is 1. The van der Waals surface area contributed by atoms with Crippen molar-refractivity contribution in [3.05, 3.63) is 41.9 Å². The summed E-state index contributed by atoms with van der Waals surface area (Å²) in [7, 11) is 16.2. The fourth-order valence-corrected chi connectivity index (χ4v) is 3.36. The smallest absolute Gasteiger partial charge is 0.255 e. The number of pyridine rings is 2. The molecule has 1 unspecified atom stereocenters. The molecule has 2 N–H and O–H groups in total. The molecule has 0 aliphatic rings. The molecule has 0 fully saturated rings. The molecule has 0 saturated heterocycles. The monoisotopic (exact) mass is 469 g/mol. The van der Waals surface area contributed by atoms with Crippen molar-refractivity contribution < 1.29 is 13.9 Å². The molecule has 0 saturated carbocycles. The number of ether oxygens (including phenoxy) is 1. The molecular weight excluding hydrogens is 446 g/mol. The molecule has 3 aromatic heterocycles. The molecule has 0 aromatic carbocycles. The standard InChI is InChI=1S/C22H23B3FN7O2/c1-12(2)32-16-6-18(33-19-14(9-31-33)5-13(7-27)8-29-19)28-10-15(16)20(34)30-11-17(26)21(3,4)35-22(23,24)25/h5-6,8-10,12,17H,11H2,1-4H3,(H,28,32)(H,30,34). The number of nitriles is 1. The summed E-state index contributed by atoms with van der Waals surface area (Å²) in [5, 5.41) is 17.8. The van der Waals surface area contributed by atoms with E-state index in [1.165, 1.54) is 30.9 Å². The van der Waals surface area contributed by atoms with Gasteiger partial charge in [0.25, 0.3) is 5.91 Å². The Balaban J connectivity index is 1.85. The first-order valence-electron chi connectivity index (χ1n) is 10.8. The van der Waals surface area contributed by atoms with Gasteiger partial charge in [-0.15, -0.1) is 0 Å². The number of halogens is 1. The molecule has 13 heteroatoms. The van der Waals surface area contributed by atoms with E-state index in [1.807, 2.05) is 19.9 Å². The highest BCUT2D eigenvalue weighted by molar-refractivity contribution is 6.58. The highest BCUT2D eigenvalue weighted by Crippen LogP contribution is 2.24. The number of anilines is 1. The van der Waals surface area contributed by atoms with Gasteiger partial charge in [-0.25, -0.2) is 14.4 Å². The second-order valence-electron chi connectivity index (χ2n) is 8.93.